The third kappa shape index (κ3) is 3.74. The number of carbonyl (C=O) groups excluding carboxylic acids is 1. The second-order valence-electron chi connectivity index (χ2n) is 5.77. The molecule has 5 nitrogen and oxygen atoms in total. The quantitative estimate of drug-likeness (QED) is 0.868. The van der Waals surface area contributed by atoms with Gasteiger partial charge in [0.2, 0.25) is 5.91 Å². The number of likely N-dealkylation sites (tertiary alicyclic amines) is 1. The topological polar surface area (TPSA) is 70.0 Å². The second-order valence-corrected chi connectivity index (χ2v) is 5.77. The first kappa shape index (κ1) is 15.8. The normalized spacial score (nSPS) is 25.7. The average molecular weight is 293 g/mol. The number of benzene rings is 1. The highest BCUT2D eigenvalue weighted by Crippen LogP contribution is 2.23. The summed E-state index contributed by atoms with van der Waals surface area (Å²) in [5.41, 5.74) is -0.0997. The Bertz CT molecular complexity index is 501. The molecule has 0 saturated carbocycles. The Morgan fingerprint density at radius 3 is 2.86 bits per heavy atom. The Morgan fingerprint density at radius 1 is 1.48 bits per heavy atom. The lowest BCUT2D eigenvalue weighted by atomic mass is 9.90. The number of methoxy groups -OCH3 is 1. The first-order valence-electron chi connectivity index (χ1n) is 7.24. The molecule has 0 spiro atoms. The van der Waals surface area contributed by atoms with E-state index in [-0.39, 0.29) is 12.5 Å². The summed E-state index contributed by atoms with van der Waals surface area (Å²) in [6, 6.07) is 7.64. The van der Waals surface area contributed by atoms with Crippen LogP contribution in [0.15, 0.2) is 24.3 Å². The van der Waals surface area contributed by atoms with Gasteiger partial charge in [0.05, 0.1) is 18.8 Å². The number of hydrogen-bond donors (Lipinski definition) is 2. The summed E-state index contributed by atoms with van der Waals surface area (Å²) in [4.78, 5) is 13.8. The monoisotopic (exact) mass is 293 g/mol. The van der Waals surface area contributed by atoms with Crippen LogP contribution in [0.1, 0.15) is 25.3 Å². The van der Waals surface area contributed by atoms with Gasteiger partial charge in [-0.25, -0.2) is 0 Å². The van der Waals surface area contributed by atoms with E-state index in [1.54, 1.807) is 18.9 Å². The van der Waals surface area contributed by atoms with Crippen molar-refractivity contribution in [3.8, 4) is 5.75 Å². The van der Waals surface area contributed by atoms with Gasteiger partial charge in [-0.2, -0.15) is 0 Å². The Labute approximate surface area is 125 Å². The number of ether oxygens (including phenoxy) is 1. The van der Waals surface area contributed by atoms with Gasteiger partial charge in [0.1, 0.15) is 5.75 Å². The number of β-amino-alcohol motifs (C(OH)–C–C–N with tert-alkyl or cyclic N) is 1. The molecule has 0 aliphatic carbocycles. The zero-order valence-corrected chi connectivity index (χ0v) is 12.6. The zero-order chi connectivity index (χ0) is 15.5. The number of para-hydroxylation sites is 1. The van der Waals surface area contributed by atoms with E-state index in [1.807, 2.05) is 24.3 Å². The van der Waals surface area contributed by atoms with Crippen LogP contribution in [-0.2, 0) is 11.2 Å². The number of aliphatic hydroxyl groups is 2. The molecular weight excluding hydrogens is 270 g/mol. The maximum atomic E-state index is 12.2. The van der Waals surface area contributed by atoms with Crippen molar-refractivity contribution in [2.75, 3.05) is 20.2 Å². The van der Waals surface area contributed by atoms with Gasteiger partial charge in [0.25, 0.3) is 0 Å². The van der Waals surface area contributed by atoms with E-state index in [4.69, 9.17) is 4.74 Å². The molecule has 0 bridgehead atoms. The number of carbonyl (C=O) groups is 1. The van der Waals surface area contributed by atoms with E-state index in [0.29, 0.717) is 25.8 Å². The number of amides is 1. The van der Waals surface area contributed by atoms with Crippen molar-refractivity contribution in [3.05, 3.63) is 29.8 Å². The van der Waals surface area contributed by atoms with Crippen molar-refractivity contribution >= 4 is 5.91 Å². The maximum absolute atomic E-state index is 12.2. The molecule has 1 aliphatic rings. The SMILES string of the molecule is COc1ccccc1CCC(=O)N1CC[C@@](C)(O)[C@@H](O)C1. The first-order chi connectivity index (χ1) is 9.94. The van der Waals surface area contributed by atoms with Gasteiger partial charge in [-0.05, 0) is 31.4 Å². The van der Waals surface area contributed by atoms with Gasteiger partial charge < -0.3 is 19.8 Å². The maximum Gasteiger partial charge on any atom is 0.222 e. The Kier molecular flexibility index (Phi) is 4.85. The number of rotatable bonds is 4. The summed E-state index contributed by atoms with van der Waals surface area (Å²) in [5.74, 6) is 0.780. The van der Waals surface area contributed by atoms with Crippen LogP contribution in [0.25, 0.3) is 0 Å². The minimum Gasteiger partial charge on any atom is -0.496 e. The molecule has 0 aromatic heterocycles. The van der Waals surface area contributed by atoms with Crippen LogP contribution in [0.2, 0.25) is 0 Å². The van der Waals surface area contributed by atoms with E-state index in [9.17, 15) is 15.0 Å². The number of nitrogens with zero attached hydrogens (tertiary/aromatic N) is 1. The third-order valence-electron chi connectivity index (χ3n) is 4.15. The van der Waals surface area contributed by atoms with Crippen LogP contribution in [0.4, 0.5) is 0 Å². The molecule has 0 unspecified atom stereocenters. The summed E-state index contributed by atoms with van der Waals surface area (Å²) in [6.07, 6.45) is 0.483. The molecule has 116 valence electrons. The van der Waals surface area contributed by atoms with Crippen molar-refractivity contribution in [2.45, 2.75) is 37.9 Å². The Balaban J connectivity index is 1.91. The molecule has 2 N–H and O–H groups in total. The fourth-order valence-electron chi connectivity index (χ4n) is 2.56. The Morgan fingerprint density at radius 2 is 2.19 bits per heavy atom. The highest BCUT2D eigenvalue weighted by Gasteiger charge is 2.37. The first-order valence-corrected chi connectivity index (χ1v) is 7.24. The molecule has 2 rings (SSSR count). The lowest BCUT2D eigenvalue weighted by Crippen LogP contribution is -2.55. The Hall–Kier alpha value is -1.59. The van der Waals surface area contributed by atoms with Gasteiger partial charge in [0.15, 0.2) is 0 Å². The van der Waals surface area contributed by atoms with E-state index in [0.717, 1.165) is 11.3 Å². The van der Waals surface area contributed by atoms with Crippen LogP contribution in [0.3, 0.4) is 0 Å². The second kappa shape index (κ2) is 6.45. The highest BCUT2D eigenvalue weighted by atomic mass is 16.5. The highest BCUT2D eigenvalue weighted by molar-refractivity contribution is 5.76. The van der Waals surface area contributed by atoms with E-state index >= 15 is 0 Å². The fourth-order valence-corrected chi connectivity index (χ4v) is 2.56. The molecule has 1 aliphatic heterocycles. The van der Waals surface area contributed by atoms with Crippen molar-refractivity contribution in [1.29, 1.82) is 0 Å². The van der Waals surface area contributed by atoms with Crippen molar-refractivity contribution in [1.82, 2.24) is 4.90 Å². The summed E-state index contributed by atoms with van der Waals surface area (Å²) >= 11 is 0. The summed E-state index contributed by atoms with van der Waals surface area (Å²) in [6.45, 7) is 2.28. The van der Waals surface area contributed by atoms with Crippen molar-refractivity contribution in [3.63, 3.8) is 0 Å². The minimum absolute atomic E-state index is 0.00421. The molecule has 1 amide bonds. The number of hydrogen-bond acceptors (Lipinski definition) is 4. The molecule has 1 heterocycles. The minimum atomic E-state index is -1.10. The molecule has 1 aromatic carbocycles. The van der Waals surface area contributed by atoms with E-state index < -0.39 is 11.7 Å². The van der Waals surface area contributed by atoms with Crippen LogP contribution in [0, 0.1) is 0 Å². The molecule has 1 saturated heterocycles. The standard InChI is InChI=1S/C16H23NO4/c1-16(20)9-10-17(11-14(16)18)15(19)8-7-12-5-3-4-6-13(12)21-2/h3-6,14,18,20H,7-11H2,1-2H3/t14-,16+/m0/s1. The lowest BCUT2D eigenvalue weighted by Gasteiger charge is -2.40. The van der Waals surface area contributed by atoms with E-state index in [1.165, 1.54) is 0 Å². The van der Waals surface area contributed by atoms with Crippen LogP contribution >= 0.6 is 0 Å². The molecular formula is C16H23NO4. The van der Waals surface area contributed by atoms with Crippen LogP contribution in [0.5, 0.6) is 5.75 Å². The molecule has 0 radical (unpaired) electrons. The van der Waals surface area contributed by atoms with Gasteiger partial charge >= 0.3 is 0 Å². The van der Waals surface area contributed by atoms with Crippen LogP contribution in [-0.4, -0.2) is 52.9 Å². The smallest absolute Gasteiger partial charge is 0.222 e. The van der Waals surface area contributed by atoms with E-state index in [2.05, 4.69) is 0 Å². The van der Waals surface area contributed by atoms with Gasteiger partial charge in [-0.3, -0.25) is 4.79 Å². The molecule has 1 fully saturated rings. The number of piperidine rings is 1. The van der Waals surface area contributed by atoms with Crippen molar-refractivity contribution < 1.29 is 19.7 Å². The predicted molar refractivity (Wildman–Crippen MR) is 79.1 cm³/mol. The molecule has 1 aromatic rings. The van der Waals surface area contributed by atoms with Gasteiger partial charge in [-0.1, -0.05) is 18.2 Å². The zero-order valence-electron chi connectivity index (χ0n) is 12.6. The van der Waals surface area contributed by atoms with Crippen molar-refractivity contribution in [2.24, 2.45) is 0 Å². The predicted octanol–water partition coefficient (Wildman–Crippen LogP) is 0.972. The van der Waals surface area contributed by atoms with Crippen LogP contribution < -0.4 is 4.74 Å². The number of aryl methyl sites for hydroxylation is 1. The summed E-state index contributed by atoms with van der Waals surface area (Å²) < 4.78 is 5.27. The molecule has 2 atom stereocenters. The fraction of sp³-hybridized carbons (Fsp3) is 0.562. The third-order valence-corrected chi connectivity index (χ3v) is 4.15. The molecule has 5 heteroatoms. The number of aliphatic hydroxyl groups excluding tert-OH is 1. The lowest BCUT2D eigenvalue weighted by molar-refractivity contribution is -0.146. The molecule has 21 heavy (non-hydrogen) atoms. The average Bonchev–Trinajstić information content (AvgIpc) is 2.48. The largest absolute Gasteiger partial charge is 0.496 e. The summed E-state index contributed by atoms with van der Waals surface area (Å²) in [5, 5.41) is 19.8. The van der Waals surface area contributed by atoms with Gasteiger partial charge in [-0.15, -0.1) is 0 Å². The summed E-state index contributed by atoms with van der Waals surface area (Å²) in [7, 11) is 1.61. The van der Waals surface area contributed by atoms with Gasteiger partial charge in [0, 0.05) is 19.5 Å².